The van der Waals surface area contributed by atoms with Crippen LogP contribution in [0.15, 0.2) is 53.4 Å². The molecule has 0 saturated carbocycles. The van der Waals surface area contributed by atoms with Crippen LogP contribution < -0.4 is 4.72 Å². The molecule has 2 aliphatic heterocycles. The molecule has 2 aromatic carbocycles. The van der Waals surface area contributed by atoms with Crippen molar-refractivity contribution in [1.29, 1.82) is 0 Å². The number of hydrogen-bond acceptors (Lipinski definition) is 4. The number of carbonyl (C=O) groups is 1. The first-order valence-corrected chi connectivity index (χ1v) is 13.1. The van der Waals surface area contributed by atoms with Gasteiger partial charge in [0.2, 0.25) is 15.9 Å². The van der Waals surface area contributed by atoms with E-state index >= 15 is 0 Å². The normalized spacial score (nSPS) is 20.6. The molecular formula is C23H27Cl2N3O3S. The summed E-state index contributed by atoms with van der Waals surface area (Å²) in [4.78, 5) is 16.9. The van der Waals surface area contributed by atoms with Crippen molar-refractivity contribution in [2.45, 2.75) is 36.1 Å². The van der Waals surface area contributed by atoms with E-state index in [9.17, 15) is 13.2 Å². The van der Waals surface area contributed by atoms with Crippen LogP contribution in [-0.2, 0) is 14.8 Å². The second-order valence-electron chi connectivity index (χ2n) is 8.40. The van der Waals surface area contributed by atoms with E-state index in [1.54, 1.807) is 4.90 Å². The van der Waals surface area contributed by atoms with Crippen LogP contribution in [0.1, 0.15) is 30.7 Å². The zero-order valence-electron chi connectivity index (χ0n) is 17.7. The number of carbonyl (C=O) groups excluding carboxylic acids is 1. The quantitative estimate of drug-likeness (QED) is 0.662. The van der Waals surface area contributed by atoms with Gasteiger partial charge in [-0.15, -0.1) is 0 Å². The van der Waals surface area contributed by atoms with Gasteiger partial charge in [-0.1, -0.05) is 53.5 Å². The van der Waals surface area contributed by atoms with E-state index in [4.69, 9.17) is 23.2 Å². The minimum absolute atomic E-state index is 0.0136. The molecule has 0 bridgehead atoms. The van der Waals surface area contributed by atoms with Crippen LogP contribution in [0.3, 0.4) is 0 Å². The molecule has 2 fully saturated rings. The Balaban J connectivity index is 1.26. The van der Waals surface area contributed by atoms with Gasteiger partial charge in [-0.05, 0) is 62.0 Å². The fourth-order valence-corrected chi connectivity index (χ4v) is 5.95. The summed E-state index contributed by atoms with van der Waals surface area (Å²) in [5, 5.41) is 0.428. The molecule has 6 nitrogen and oxygen atoms in total. The maximum Gasteiger partial charge on any atom is 0.241 e. The van der Waals surface area contributed by atoms with E-state index in [1.807, 2.05) is 6.07 Å². The summed E-state index contributed by atoms with van der Waals surface area (Å²) >= 11 is 11.8. The van der Waals surface area contributed by atoms with Gasteiger partial charge < -0.3 is 4.90 Å². The Kier molecular flexibility index (Phi) is 7.42. The highest BCUT2D eigenvalue weighted by Gasteiger charge is 2.33. The highest BCUT2D eigenvalue weighted by Crippen LogP contribution is 2.30. The number of nitrogens with one attached hydrogen (secondary N) is 1. The number of likely N-dealkylation sites (tertiary alicyclic amines) is 2. The number of piperidine rings is 1. The van der Waals surface area contributed by atoms with Gasteiger partial charge in [-0.3, -0.25) is 9.69 Å². The number of hydrogen-bond donors (Lipinski definition) is 1. The standard InChI is InChI=1S/C23H27Cl2N3O3S/c24-21-7-6-20(14-22(21)25)32(30,31)26-15-23(29)28-13-10-19(16-28)27-11-8-18(9-12-27)17-4-2-1-3-5-17/h1-7,14,18-19,26H,8-13,15-16H2. The second-order valence-corrected chi connectivity index (χ2v) is 11.0. The topological polar surface area (TPSA) is 69.7 Å². The molecule has 0 spiro atoms. The van der Waals surface area contributed by atoms with Crippen molar-refractivity contribution in [3.63, 3.8) is 0 Å². The van der Waals surface area contributed by atoms with Gasteiger partial charge in [0.05, 0.1) is 21.5 Å². The van der Waals surface area contributed by atoms with Crippen LogP contribution in [-0.4, -0.2) is 62.9 Å². The van der Waals surface area contributed by atoms with Crippen molar-refractivity contribution in [2.24, 2.45) is 0 Å². The summed E-state index contributed by atoms with van der Waals surface area (Å²) in [5.74, 6) is 0.387. The lowest BCUT2D eigenvalue weighted by Crippen LogP contribution is -2.44. The first-order valence-electron chi connectivity index (χ1n) is 10.8. The lowest BCUT2D eigenvalue weighted by molar-refractivity contribution is -0.129. The second kappa shape index (κ2) is 10.1. The predicted octanol–water partition coefficient (Wildman–Crippen LogP) is 3.75. The zero-order valence-corrected chi connectivity index (χ0v) is 20.0. The van der Waals surface area contributed by atoms with Gasteiger partial charge in [0.1, 0.15) is 0 Å². The highest BCUT2D eigenvalue weighted by atomic mass is 35.5. The maximum atomic E-state index is 12.6. The first-order chi connectivity index (χ1) is 15.3. The predicted molar refractivity (Wildman–Crippen MR) is 127 cm³/mol. The first kappa shape index (κ1) is 23.5. The summed E-state index contributed by atoms with van der Waals surface area (Å²) in [5.41, 5.74) is 1.41. The molecule has 1 unspecified atom stereocenters. The molecular weight excluding hydrogens is 469 g/mol. The monoisotopic (exact) mass is 495 g/mol. The molecule has 172 valence electrons. The smallest absolute Gasteiger partial charge is 0.241 e. The van der Waals surface area contributed by atoms with Gasteiger partial charge in [0, 0.05) is 19.1 Å². The molecule has 4 rings (SSSR count). The highest BCUT2D eigenvalue weighted by molar-refractivity contribution is 7.89. The van der Waals surface area contributed by atoms with E-state index in [0.29, 0.717) is 25.0 Å². The molecule has 9 heteroatoms. The number of nitrogens with zero attached hydrogens (tertiary/aromatic N) is 2. The largest absolute Gasteiger partial charge is 0.340 e. The summed E-state index contributed by atoms with van der Waals surface area (Å²) in [6.45, 7) is 3.07. The molecule has 0 aromatic heterocycles. The van der Waals surface area contributed by atoms with Crippen LogP contribution in [0.4, 0.5) is 0 Å². The summed E-state index contributed by atoms with van der Waals surface area (Å²) in [7, 11) is -3.84. The lowest BCUT2D eigenvalue weighted by Gasteiger charge is -2.36. The number of amides is 1. The van der Waals surface area contributed by atoms with Crippen LogP contribution in [0.25, 0.3) is 0 Å². The zero-order chi connectivity index (χ0) is 22.7. The van der Waals surface area contributed by atoms with Crippen molar-refractivity contribution in [1.82, 2.24) is 14.5 Å². The van der Waals surface area contributed by atoms with E-state index in [-0.39, 0.29) is 27.4 Å². The molecule has 1 atom stereocenters. The summed E-state index contributed by atoms with van der Waals surface area (Å²) in [6.07, 6.45) is 3.16. The fraction of sp³-hybridized carbons (Fsp3) is 0.435. The Morgan fingerprint density at radius 1 is 0.969 bits per heavy atom. The number of sulfonamides is 1. The summed E-state index contributed by atoms with van der Waals surface area (Å²) < 4.78 is 27.3. The fourth-order valence-electron chi connectivity index (χ4n) is 4.59. The average molecular weight is 496 g/mol. The molecule has 2 aliphatic rings. The Labute approximate surface area is 199 Å². The number of halogens is 2. The molecule has 1 N–H and O–H groups in total. The van der Waals surface area contributed by atoms with Crippen LogP contribution in [0, 0.1) is 0 Å². The SMILES string of the molecule is O=C(CNS(=O)(=O)c1ccc(Cl)c(Cl)c1)N1CCC(N2CCC(c3ccccc3)CC2)C1. The van der Waals surface area contributed by atoms with E-state index < -0.39 is 10.0 Å². The van der Waals surface area contributed by atoms with E-state index in [2.05, 4.69) is 33.9 Å². The third kappa shape index (κ3) is 5.46. The Morgan fingerprint density at radius 3 is 2.38 bits per heavy atom. The van der Waals surface area contributed by atoms with Gasteiger partial charge in [-0.2, -0.15) is 0 Å². The third-order valence-corrected chi connectivity index (χ3v) is 8.59. The molecule has 2 saturated heterocycles. The van der Waals surface area contributed by atoms with Crippen LogP contribution in [0.2, 0.25) is 10.0 Å². The van der Waals surface area contributed by atoms with Crippen molar-refractivity contribution in [3.05, 3.63) is 64.1 Å². The van der Waals surface area contributed by atoms with Crippen molar-refractivity contribution >= 4 is 39.1 Å². The van der Waals surface area contributed by atoms with Crippen molar-refractivity contribution in [2.75, 3.05) is 32.7 Å². The van der Waals surface area contributed by atoms with Gasteiger partial charge in [0.15, 0.2) is 0 Å². The van der Waals surface area contributed by atoms with E-state index in [1.165, 1.54) is 23.8 Å². The Hall–Kier alpha value is -1.64. The molecule has 2 heterocycles. The number of benzene rings is 2. The minimum Gasteiger partial charge on any atom is -0.340 e. The third-order valence-electron chi connectivity index (χ3n) is 6.45. The average Bonchev–Trinajstić information content (AvgIpc) is 3.30. The Morgan fingerprint density at radius 2 is 1.69 bits per heavy atom. The molecule has 2 aromatic rings. The van der Waals surface area contributed by atoms with Gasteiger partial charge >= 0.3 is 0 Å². The molecule has 0 aliphatic carbocycles. The van der Waals surface area contributed by atoms with Crippen LogP contribution >= 0.6 is 23.2 Å². The van der Waals surface area contributed by atoms with Crippen LogP contribution in [0.5, 0.6) is 0 Å². The van der Waals surface area contributed by atoms with Crippen molar-refractivity contribution < 1.29 is 13.2 Å². The molecule has 1 amide bonds. The number of rotatable bonds is 6. The summed E-state index contributed by atoms with van der Waals surface area (Å²) in [6, 6.07) is 15.1. The molecule has 32 heavy (non-hydrogen) atoms. The maximum absolute atomic E-state index is 12.6. The Bertz CT molecular complexity index is 1060. The molecule has 0 radical (unpaired) electrons. The lowest BCUT2D eigenvalue weighted by atomic mass is 9.89. The van der Waals surface area contributed by atoms with Gasteiger partial charge in [-0.25, -0.2) is 13.1 Å². The van der Waals surface area contributed by atoms with Crippen molar-refractivity contribution in [3.8, 4) is 0 Å². The minimum atomic E-state index is -3.84. The van der Waals surface area contributed by atoms with E-state index in [0.717, 1.165) is 32.4 Å². The van der Waals surface area contributed by atoms with Gasteiger partial charge in [0.25, 0.3) is 0 Å².